The molecule has 1 heterocycles. The molecule has 2 aromatic carbocycles. The summed E-state index contributed by atoms with van der Waals surface area (Å²) < 4.78 is 5.04. The van der Waals surface area contributed by atoms with Gasteiger partial charge < -0.3 is 9.68 Å². The molecule has 3 aromatic rings. The van der Waals surface area contributed by atoms with E-state index in [-0.39, 0.29) is 0 Å². The van der Waals surface area contributed by atoms with Crippen molar-refractivity contribution in [1.82, 2.24) is 4.98 Å². The average molecular weight is 302 g/mol. The van der Waals surface area contributed by atoms with Crippen molar-refractivity contribution in [1.29, 1.82) is 0 Å². The zero-order valence-corrected chi connectivity index (χ0v) is 13.2. The summed E-state index contributed by atoms with van der Waals surface area (Å²) in [7, 11) is 0.692. The summed E-state index contributed by atoms with van der Waals surface area (Å²) in [4.78, 5) is 4.31. The highest BCUT2D eigenvalue weighted by molar-refractivity contribution is 6.17. The quantitative estimate of drug-likeness (QED) is 0.742. The Bertz CT molecular complexity index is 833. The molecule has 0 aliphatic carbocycles. The monoisotopic (exact) mass is 302 g/mol. The van der Waals surface area contributed by atoms with Crippen LogP contribution in [-0.4, -0.2) is 17.7 Å². The second-order valence-electron chi connectivity index (χ2n) is 5.46. The largest absolute Gasteiger partial charge is 0.569 e. The Balaban J connectivity index is 2.03. The summed E-state index contributed by atoms with van der Waals surface area (Å²) in [6.45, 7) is 4.19. The molecule has 3 rings (SSSR count). The van der Waals surface area contributed by atoms with E-state index in [1.807, 2.05) is 36.7 Å². The van der Waals surface area contributed by atoms with E-state index in [1.165, 1.54) is 11.1 Å². The van der Waals surface area contributed by atoms with Crippen LogP contribution in [0.25, 0.3) is 22.3 Å². The first-order chi connectivity index (χ1) is 11.2. The summed E-state index contributed by atoms with van der Waals surface area (Å²) in [6.07, 6.45) is 3.79. The third-order valence-corrected chi connectivity index (χ3v) is 4.00. The van der Waals surface area contributed by atoms with Crippen molar-refractivity contribution < 1.29 is 9.68 Å². The van der Waals surface area contributed by atoms with Gasteiger partial charge >= 0.3 is 7.69 Å². The summed E-state index contributed by atoms with van der Waals surface area (Å²) >= 11 is 0. The molecule has 4 heteroatoms. The molecule has 1 radical (unpaired) electrons. The number of rotatable bonds is 4. The number of nitrogens with zero attached hydrogens (tertiary/aromatic N) is 1. The molecule has 0 atom stereocenters. The highest BCUT2D eigenvalue weighted by Crippen LogP contribution is 2.30. The van der Waals surface area contributed by atoms with Gasteiger partial charge in [-0.05, 0) is 59.9 Å². The number of aromatic nitrogens is 1. The molecular weight excluding hydrogens is 285 g/mol. The lowest BCUT2D eigenvalue weighted by atomic mass is 9.96. The van der Waals surface area contributed by atoms with E-state index in [9.17, 15) is 0 Å². The van der Waals surface area contributed by atoms with Crippen LogP contribution in [0.5, 0.6) is 5.75 Å². The molecule has 0 bridgehead atoms. The van der Waals surface area contributed by atoms with E-state index in [4.69, 9.17) is 9.68 Å². The standard InChI is InChI=1S/C19H17BNO2/c1-13-11-21-12-19(14(13)2)17-7-3-5-15(9-17)16-6-4-8-18(10-16)23-20-22/h3-12,22H,1-2H3. The van der Waals surface area contributed by atoms with Crippen LogP contribution in [0.15, 0.2) is 60.9 Å². The van der Waals surface area contributed by atoms with Crippen LogP contribution in [0, 0.1) is 13.8 Å². The van der Waals surface area contributed by atoms with E-state index in [1.54, 1.807) is 6.07 Å². The highest BCUT2D eigenvalue weighted by atomic mass is 16.5. The number of aryl methyl sites for hydroxylation is 1. The maximum absolute atomic E-state index is 8.78. The van der Waals surface area contributed by atoms with E-state index in [0.29, 0.717) is 13.4 Å². The highest BCUT2D eigenvalue weighted by Gasteiger charge is 2.07. The fourth-order valence-electron chi connectivity index (χ4n) is 2.60. The Morgan fingerprint density at radius 2 is 1.61 bits per heavy atom. The van der Waals surface area contributed by atoms with Gasteiger partial charge in [0.05, 0.1) is 0 Å². The summed E-state index contributed by atoms with van der Waals surface area (Å²) in [5.41, 5.74) is 6.82. The van der Waals surface area contributed by atoms with Gasteiger partial charge in [0.1, 0.15) is 5.75 Å². The predicted octanol–water partition coefficient (Wildman–Crippen LogP) is 3.94. The number of hydrogen-bond donors (Lipinski definition) is 1. The topological polar surface area (TPSA) is 42.4 Å². The van der Waals surface area contributed by atoms with Gasteiger partial charge in [-0.15, -0.1) is 0 Å². The molecule has 0 fully saturated rings. The third-order valence-electron chi connectivity index (χ3n) is 4.00. The number of benzene rings is 2. The lowest BCUT2D eigenvalue weighted by molar-refractivity contribution is 0.454. The average Bonchev–Trinajstić information content (AvgIpc) is 2.58. The van der Waals surface area contributed by atoms with Gasteiger partial charge in [0.15, 0.2) is 0 Å². The molecule has 3 nitrogen and oxygen atoms in total. The minimum Gasteiger partial charge on any atom is -0.537 e. The molecule has 0 saturated carbocycles. The zero-order chi connectivity index (χ0) is 16.2. The van der Waals surface area contributed by atoms with Crippen molar-refractivity contribution in [3.05, 3.63) is 72.1 Å². The van der Waals surface area contributed by atoms with E-state index in [2.05, 4.69) is 37.0 Å². The Labute approximate surface area is 136 Å². The first-order valence-electron chi connectivity index (χ1n) is 7.43. The molecule has 0 aliphatic heterocycles. The van der Waals surface area contributed by atoms with Crippen molar-refractivity contribution in [3.63, 3.8) is 0 Å². The zero-order valence-electron chi connectivity index (χ0n) is 13.2. The summed E-state index contributed by atoms with van der Waals surface area (Å²) in [5, 5.41) is 8.78. The lowest BCUT2D eigenvalue weighted by Crippen LogP contribution is -1.99. The molecule has 113 valence electrons. The minimum atomic E-state index is 0.601. The van der Waals surface area contributed by atoms with Gasteiger partial charge in [0.2, 0.25) is 0 Å². The first-order valence-corrected chi connectivity index (χ1v) is 7.43. The molecule has 1 N–H and O–H groups in total. The van der Waals surface area contributed by atoms with Crippen LogP contribution >= 0.6 is 0 Å². The van der Waals surface area contributed by atoms with Crippen LogP contribution in [0.3, 0.4) is 0 Å². The van der Waals surface area contributed by atoms with Crippen molar-refractivity contribution in [3.8, 4) is 28.0 Å². The maximum Gasteiger partial charge on any atom is 0.569 e. The van der Waals surface area contributed by atoms with Gasteiger partial charge in [0.25, 0.3) is 0 Å². The maximum atomic E-state index is 8.78. The van der Waals surface area contributed by atoms with Gasteiger partial charge in [-0.2, -0.15) is 0 Å². The Hall–Kier alpha value is -2.59. The van der Waals surface area contributed by atoms with Crippen LogP contribution in [0.1, 0.15) is 11.1 Å². The van der Waals surface area contributed by atoms with Gasteiger partial charge in [-0.3, -0.25) is 4.98 Å². The molecule has 0 unspecified atom stereocenters. The first kappa shape index (κ1) is 15.3. The Kier molecular flexibility index (Phi) is 4.44. The molecule has 23 heavy (non-hydrogen) atoms. The van der Waals surface area contributed by atoms with Crippen LogP contribution < -0.4 is 4.65 Å². The van der Waals surface area contributed by atoms with E-state index < -0.39 is 0 Å². The third kappa shape index (κ3) is 3.27. The number of hydrogen-bond acceptors (Lipinski definition) is 3. The molecule has 1 aromatic heterocycles. The van der Waals surface area contributed by atoms with Crippen molar-refractivity contribution in [2.24, 2.45) is 0 Å². The number of pyridine rings is 1. The Morgan fingerprint density at radius 3 is 2.39 bits per heavy atom. The summed E-state index contributed by atoms with van der Waals surface area (Å²) in [6, 6.07) is 16.0. The van der Waals surface area contributed by atoms with E-state index >= 15 is 0 Å². The fraction of sp³-hybridized carbons (Fsp3) is 0.105. The molecule has 0 saturated heterocycles. The summed E-state index contributed by atoms with van der Waals surface area (Å²) in [5.74, 6) is 0.601. The van der Waals surface area contributed by atoms with Crippen molar-refractivity contribution in [2.45, 2.75) is 13.8 Å². The second kappa shape index (κ2) is 6.67. The van der Waals surface area contributed by atoms with E-state index in [0.717, 1.165) is 22.3 Å². The molecule has 0 spiro atoms. The normalized spacial score (nSPS) is 10.4. The van der Waals surface area contributed by atoms with Crippen LogP contribution in [0.2, 0.25) is 0 Å². The van der Waals surface area contributed by atoms with Gasteiger partial charge in [-0.25, -0.2) is 0 Å². The van der Waals surface area contributed by atoms with Gasteiger partial charge in [-0.1, -0.05) is 30.3 Å². The molecule has 0 amide bonds. The van der Waals surface area contributed by atoms with Crippen molar-refractivity contribution in [2.75, 3.05) is 0 Å². The minimum absolute atomic E-state index is 0.601. The fourth-order valence-corrected chi connectivity index (χ4v) is 2.60. The molecule has 0 aliphatic rings. The second-order valence-corrected chi connectivity index (χ2v) is 5.46. The van der Waals surface area contributed by atoms with Crippen LogP contribution in [0.4, 0.5) is 0 Å². The SMILES string of the molecule is Cc1cncc(-c2cccc(-c3cccc(O[B]O)c3)c2)c1C. The smallest absolute Gasteiger partial charge is 0.537 e. The lowest BCUT2D eigenvalue weighted by Gasteiger charge is -2.11. The van der Waals surface area contributed by atoms with Gasteiger partial charge in [0, 0.05) is 18.0 Å². The van der Waals surface area contributed by atoms with Crippen molar-refractivity contribution >= 4 is 7.69 Å². The van der Waals surface area contributed by atoms with Crippen LogP contribution in [-0.2, 0) is 0 Å². The predicted molar refractivity (Wildman–Crippen MR) is 93.2 cm³/mol. The Morgan fingerprint density at radius 1 is 0.913 bits per heavy atom. The molecular formula is C19H17BNO2.